The van der Waals surface area contributed by atoms with Crippen molar-refractivity contribution in [3.05, 3.63) is 47.6 Å². The summed E-state index contributed by atoms with van der Waals surface area (Å²) in [4.78, 5) is 71.7. The molecule has 13 nitrogen and oxygen atoms in total. The van der Waals surface area contributed by atoms with Crippen LogP contribution < -0.4 is 0 Å². The predicted octanol–water partition coefficient (Wildman–Crippen LogP) is 6.80. The molecule has 3 aliphatic heterocycles. The summed E-state index contributed by atoms with van der Waals surface area (Å²) in [5.74, 6) is -7.66. The normalized spacial score (nSPS) is 40.9. The van der Waals surface area contributed by atoms with Crippen LogP contribution in [0.1, 0.15) is 132 Å². The SMILES string of the molecule is COC1CC(CC(C)C2CC(=O)C(C)/C=C(\C)C(O)C(OC)C(=O)C(C)CC(C)/C=C/C=C/C=C(\C)C(C)CC3CCC(C)C(O)(O3)C(=O)C(=O)N3CCCCC3C(=O)O2)CCC1O. The summed E-state index contributed by atoms with van der Waals surface area (Å²) in [6.45, 7) is 15.0. The molecule has 4 aliphatic rings. The van der Waals surface area contributed by atoms with Crippen molar-refractivity contribution in [3.63, 3.8) is 0 Å². The summed E-state index contributed by atoms with van der Waals surface area (Å²) in [5.41, 5.74) is 1.46. The number of carbonyl (C=O) groups excluding carboxylic acids is 5. The van der Waals surface area contributed by atoms with Crippen LogP contribution >= 0.6 is 0 Å². The molecule has 0 spiro atoms. The number of methoxy groups -OCH3 is 2. The Morgan fingerprint density at radius 3 is 2.25 bits per heavy atom. The minimum absolute atomic E-state index is 0.0315. The van der Waals surface area contributed by atoms with Gasteiger partial charge in [0, 0.05) is 44.9 Å². The molecule has 360 valence electrons. The first-order chi connectivity index (χ1) is 30.2. The predicted molar refractivity (Wildman–Crippen MR) is 244 cm³/mol. The number of carbonyl (C=O) groups is 5. The fraction of sp³-hybridized carbons (Fsp3) is 0.745. The number of rotatable bonds is 5. The second kappa shape index (κ2) is 24.4. The number of nitrogens with zero attached hydrogens (tertiary/aromatic N) is 1. The minimum atomic E-state index is -2.37. The van der Waals surface area contributed by atoms with Gasteiger partial charge in [0.15, 0.2) is 5.78 Å². The average molecular weight is 898 g/mol. The van der Waals surface area contributed by atoms with Gasteiger partial charge in [0.05, 0.1) is 18.3 Å². The molecule has 1 amide bonds. The van der Waals surface area contributed by atoms with Gasteiger partial charge in [-0.25, -0.2) is 4.79 Å². The van der Waals surface area contributed by atoms with Crippen LogP contribution in [0.15, 0.2) is 47.6 Å². The highest BCUT2D eigenvalue weighted by Crippen LogP contribution is 2.38. The highest BCUT2D eigenvalue weighted by atomic mass is 16.6. The lowest BCUT2D eigenvalue weighted by Crippen LogP contribution is -2.60. The molecule has 2 saturated heterocycles. The van der Waals surface area contributed by atoms with Crippen LogP contribution in [0.4, 0.5) is 0 Å². The van der Waals surface area contributed by atoms with E-state index in [9.17, 15) is 39.3 Å². The molecule has 15 unspecified atom stereocenters. The zero-order valence-corrected chi connectivity index (χ0v) is 40.2. The zero-order chi connectivity index (χ0) is 47.5. The summed E-state index contributed by atoms with van der Waals surface area (Å²) < 4.78 is 23.6. The number of allylic oxidation sites excluding steroid dienone is 7. The van der Waals surface area contributed by atoms with E-state index in [1.54, 1.807) is 34.0 Å². The van der Waals surface area contributed by atoms with E-state index in [2.05, 4.69) is 0 Å². The van der Waals surface area contributed by atoms with Crippen molar-refractivity contribution >= 4 is 29.2 Å². The molecular formula is C51H79NO12. The van der Waals surface area contributed by atoms with E-state index in [1.165, 1.54) is 12.0 Å². The average Bonchev–Trinajstić information content (AvgIpc) is 3.26. The van der Waals surface area contributed by atoms with Crippen LogP contribution in [0.25, 0.3) is 0 Å². The number of aliphatic hydroxyl groups excluding tert-OH is 2. The van der Waals surface area contributed by atoms with Crippen LogP contribution in [0, 0.1) is 41.4 Å². The minimum Gasteiger partial charge on any atom is -0.460 e. The number of Topliss-reactive ketones (excluding diaryl/α,β-unsaturated/α-hetero) is 3. The maximum Gasteiger partial charge on any atom is 0.329 e. The van der Waals surface area contributed by atoms with Crippen LogP contribution in [-0.4, -0.2) is 119 Å². The van der Waals surface area contributed by atoms with Crippen molar-refractivity contribution in [1.82, 2.24) is 4.90 Å². The fourth-order valence-electron chi connectivity index (χ4n) is 10.0. The lowest BCUT2D eigenvalue weighted by atomic mass is 9.78. The number of fused-ring (bicyclic) bond motifs is 3. The Balaban J connectivity index is 1.69. The van der Waals surface area contributed by atoms with Gasteiger partial charge in [0.25, 0.3) is 11.7 Å². The lowest BCUT2D eigenvalue weighted by Gasteiger charge is -2.42. The first-order valence-electron chi connectivity index (χ1n) is 23.9. The highest BCUT2D eigenvalue weighted by Gasteiger charge is 2.53. The topological polar surface area (TPSA) is 186 Å². The standard InChI is InChI=1S/C51H79NO12/c1-30-16-12-11-13-17-31(2)32(3)27-39-21-19-37(8)51(60,64-39)48(57)49(58)52-23-15-14-18-40(52)50(59)63-43(34(5)26-38-20-22-41(53)44(28-38)61-9)29-42(54)33(4)25-36(7)46(56)47(62-10)45(55)35(6)24-30/h11-13,16-17,25,30,32-35,37-41,43-44,46-47,53,56,60H,14-15,18-24,26-29H2,1-10H3/b13-11+,16-12+,31-17+,36-25+. The van der Waals surface area contributed by atoms with Crippen LogP contribution in [0.5, 0.6) is 0 Å². The summed E-state index contributed by atoms with van der Waals surface area (Å²) in [5, 5.41) is 33.8. The van der Waals surface area contributed by atoms with Crippen molar-refractivity contribution in [1.29, 1.82) is 0 Å². The largest absolute Gasteiger partial charge is 0.460 e. The number of cyclic esters (lactones) is 1. The molecule has 0 aromatic heterocycles. The smallest absolute Gasteiger partial charge is 0.329 e. The van der Waals surface area contributed by atoms with Crippen LogP contribution in [-0.2, 0) is 42.9 Å². The Hall–Kier alpha value is -3.33. The third-order valence-corrected chi connectivity index (χ3v) is 14.6. The Morgan fingerprint density at radius 2 is 1.56 bits per heavy atom. The first-order valence-corrected chi connectivity index (χ1v) is 23.9. The van der Waals surface area contributed by atoms with Gasteiger partial charge >= 0.3 is 5.97 Å². The van der Waals surface area contributed by atoms with E-state index in [-0.39, 0.29) is 60.7 Å². The van der Waals surface area contributed by atoms with Crippen molar-refractivity contribution in [2.75, 3.05) is 20.8 Å². The molecule has 13 heteroatoms. The van der Waals surface area contributed by atoms with Crippen molar-refractivity contribution < 1.29 is 58.2 Å². The lowest BCUT2D eigenvalue weighted by molar-refractivity contribution is -0.264. The maximum absolute atomic E-state index is 14.3. The molecule has 3 heterocycles. The molecule has 1 aliphatic carbocycles. The molecule has 4 rings (SSSR count). The molecule has 15 atom stereocenters. The highest BCUT2D eigenvalue weighted by molar-refractivity contribution is 6.39. The van der Waals surface area contributed by atoms with Gasteiger partial charge in [-0.1, -0.05) is 83.6 Å². The molecule has 1 saturated carbocycles. The van der Waals surface area contributed by atoms with Crippen molar-refractivity contribution in [3.8, 4) is 0 Å². The summed E-state index contributed by atoms with van der Waals surface area (Å²) in [7, 11) is 2.95. The van der Waals surface area contributed by atoms with Gasteiger partial charge in [-0.15, -0.1) is 0 Å². The second-order valence-electron chi connectivity index (χ2n) is 19.8. The van der Waals surface area contributed by atoms with E-state index in [4.69, 9.17) is 18.9 Å². The maximum atomic E-state index is 14.3. The Labute approximate surface area is 382 Å². The van der Waals surface area contributed by atoms with Gasteiger partial charge in [-0.3, -0.25) is 19.2 Å². The summed E-state index contributed by atoms with van der Waals surface area (Å²) in [6.07, 6.45) is 12.5. The van der Waals surface area contributed by atoms with Gasteiger partial charge in [-0.05, 0) is 114 Å². The van der Waals surface area contributed by atoms with Gasteiger partial charge in [0.2, 0.25) is 5.79 Å². The zero-order valence-electron chi connectivity index (χ0n) is 40.2. The summed E-state index contributed by atoms with van der Waals surface area (Å²) in [6, 6.07) is -1.12. The monoisotopic (exact) mass is 898 g/mol. The van der Waals surface area contributed by atoms with Gasteiger partial charge in [-0.2, -0.15) is 0 Å². The summed E-state index contributed by atoms with van der Waals surface area (Å²) >= 11 is 0. The van der Waals surface area contributed by atoms with Crippen LogP contribution in [0.3, 0.4) is 0 Å². The van der Waals surface area contributed by atoms with E-state index >= 15 is 0 Å². The molecule has 64 heavy (non-hydrogen) atoms. The van der Waals surface area contributed by atoms with Gasteiger partial charge in [0.1, 0.15) is 30.1 Å². The number of ether oxygens (including phenoxy) is 4. The van der Waals surface area contributed by atoms with Crippen LogP contribution in [0.2, 0.25) is 0 Å². The molecule has 0 aromatic rings. The number of piperidine rings is 1. The third-order valence-electron chi connectivity index (χ3n) is 14.6. The molecule has 3 N–H and O–H groups in total. The van der Waals surface area contributed by atoms with E-state index < -0.39 is 77.8 Å². The molecule has 2 bridgehead atoms. The molecule has 3 fully saturated rings. The number of ketones is 3. The van der Waals surface area contributed by atoms with Gasteiger partial charge < -0.3 is 39.2 Å². The Morgan fingerprint density at radius 1 is 0.844 bits per heavy atom. The molecular weight excluding hydrogens is 819 g/mol. The van der Waals surface area contributed by atoms with E-state index in [0.29, 0.717) is 63.4 Å². The Kier molecular flexibility index (Phi) is 20.4. The van der Waals surface area contributed by atoms with E-state index in [0.717, 1.165) is 12.0 Å². The number of hydrogen-bond donors (Lipinski definition) is 3. The molecule has 0 aromatic carbocycles. The number of esters is 1. The van der Waals surface area contributed by atoms with Crippen molar-refractivity contribution in [2.45, 2.75) is 181 Å². The number of hydrogen-bond acceptors (Lipinski definition) is 12. The number of aliphatic hydroxyl groups is 3. The number of amides is 1. The quantitative estimate of drug-likeness (QED) is 0.149. The first kappa shape index (κ1) is 53.3. The second-order valence-corrected chi connectivity index (χ2v) is 19.8. The third kappa shape index (κ3) is 13.9. The van der Waals surface area contributed by atoms with E-state index in [1.807, 2.05) is 65.0 Å². The Bertz CT molecular complexity index is 1740. The van der Waals surface area contributed by atoms with Crippen molar-refractivity contribution in [2.24, 2.45) is 41.4 Å². The molecule has 0 radical (unpaired) electrons. The fourth-order valence-corrected chi connectivity index (χ4v) is 10.0.